The van der Waals surface area contributed by atoms with Crippen molar-refractivity contribution in [1.29, 1.82) is 0 Å². The second-order valence-corrected chi connectivity index (χ2v) is 3.92. The number of nitrogen functional groups attached to an aromatic ring is 1. The average Bonchev–Trinajstić information content (AvgIpc) is 2.51. The molecule has 0 spiro atoms. The molecule has 0 saturated carbocycles. The van der Waals surface area contributed by atoms with E-state index in [9.17, 15) is 4.79 Å². The van der Waals surface area contributed by atoms with Crippen LogP contribution >= 0.6 is 11.3 Å². The molecule has 1 aromatic heterocycles. The van der Waals surface area contributed by atoms with Crippen LogP contribution in [0.5, 0.6) is 0 Å². The molecule has 0 bridgehead atoms. The zero-order chi connectivity index (χ0) is 11.4. The topological polar surface area (TPSA) is 104 Å². The molecule has 7 heteroatoms. The number of oxime groups is 1. The molecule has 0 aliphatic carbocycles. The minimum Gasteiger partial charge on any atom is -0.392 e. The molecule has 1 heterocycles. The van der Waals surface area contributed by atoms with Gasteiger partial charge in [-0.05, 0) is 13.8 Å². The first-order chi connectivity index (χ1) is 7.00. The fourth-order valence-corrected chi connectivity index (χ4v) is 1.32. The molecule has 1 amide bonds. The number of anilines is 1. The first kappa shape index (κ1) is 11.4. The SMILES string of the molecule is CC(C)O/N=C(/C(N)=O)c1csc(N)n1. The fraction of sp³-hybridized carbons (Fsp3) is 0.375. The van der Waals surface area contributed by atoms with Crippen LogP contribution in [-0.2, 0) is 9.63 Å². The zero-order valence-electron chi connectivity index (χ0n) is 8.43. The smallest absolute Gasteiger partial charge is 0.273 e. The van der Waals surface area contributed by atoms with Crippen LogP contribution < -0.4 is 11.5 Å². The number of thiazole rings is 1. The fourth-order valence-electron chi connectivity index (χ4n) is 0.772. The van der Waals surface area contributed by atoms with Gasteiger partial charge >= 0.3 is 0 Å². The lowest BCUT2D eigenvalue weighted by Gasteiger charge is -2.03. The van der Waals surface area contributed by atoms with Crippen LogP contribution in [0.25, 0.3) is 0 Å². The maximum Gasteiger partial charge on any atom is 0.273 e. The van der Waals surface area contributed by atoms with Crippen LogP contribution in [0, 0.1) is 0 Å². The van der Waals surface area contributed by atoms with Gasteiger partial charge in [0.15, 0.2) is 10.8 Å². The van der Waals surface area contributed by atoms with E-state index in [4.69, 9.17) is 16.3 Å². The molecule has 15 heavy (non-hydrogen) atoms. The quantitative estimate of drug-likeness (QED) is 0.572. The maximum atomic E-state index is 11.1. The molecule has 0 radical (unpaired) electrons. The van der Waals surface area contributed by atoms with Crippen LogP contribution in [0.2, 0.25) is 0 Å². The average molecular weight is 228 g/mol. The van der Waals surface area contributed by atoms with Gasteiger partial charge in [0.2, 0.25) is 0 Å². The molecule has 0 fully saturated rings. The van der Waals surface area contributed by atoms with Gasteiger partial charge in [0.1, 0.15) is 11.8 Å². The summed E-state index contributed by atoms with van der Waals surface area (Å²) in [4.78, 5) is 19.9. The van der Waals surface area contributed by atoms with Gasteiger partial charge in [-0.3, -0.25) is 4.79 Å². The highest BCUT2D eigenvalue weighted by atomic mass is 32.1. The highest BCUT2D eigenvalue weighted by Gasteiger charge is 2.15. The first-order valence-corrected chi connectivity index (χ1v) is 5.13. The number of aromatic nitrogens is 1. The van der Waals surface area contributed by atoms with E-state index in [2.05, 4.69) is 10.1 Å². The molecular weight excluding hydrogens is 216 g/mol. The molecule has 0 aliphatic rings. The Morgan fingerprint density at radius 2 is 2.33 bits per heavy atom. The Morgan fingerprint density at radius 3 is 2.73 bits per heavy atom. The number of carbonyl (C=O) groups excluding carboxylic acids is 1. The van der Waals surface area contributed by atoms with E-state index < -0.39 is 5.91 Å². The monoisotopic (exact) mass is 228 g/mol. The lowest BCUT2D eigenvalue weighted by Crippen LogP contribution is -2.25. The van der Waals surface area contributed by atoms with Gasteiger partial charge in [0.05, 0.1) is 0 Å². The molecule has 0 aliphatic heterocycles. The molecule has 4 N–H and O–H groups in total. The van der Waals surface area contributed by atoms with E-state index in [1.807, 2.05) is 0 Å². The van der Waals surface area contributed by atoms with Crippen LogP contribution in [0.3, 0.4) is 0 Å². The first-order valence-electron chi connectivity index (χ1n) is 4.25. The van der Waals surface area contributed by atoms with Crippen LogP contribution in [0.1, 0.15) is 19.5 Å². The molecule has 0 atom stereocenters. The van der Waals surface area contributed by atoms with Crippen molar-refractivity contribution in [2.24, 2.45) is 10.9 Å². The van der Waals surface area contributed by atoms with Crippen molar-refractivity contribution in [2.75, 3.05) is 5.73 Å². The zero-order valence-corrected chi connectivity index (χ0v) is 9.25. The number of nitrogens with two attached hydrogens (primary N) is 2. The summed E-state index contributed by atoms with van der Waals surface area (Å²) < 4.78 is 0. The van der Waals surface area contributed by atoms with Crippen molar-refractivity contribution >= 4 is 28.1 Å². The molecule has 0 unspecified atom stereocenters. The predicted molar refractivity (Wildman–Crippen MR) is 58.5 cm³/mol. The Kier molecular flexibility index (Phi) is 3.62. The molecule has 0 saturated heterocycles. The number of nitrogens with zero attached hydrogens (tertiary/aromatic N) is 2. The minimum absolute atomic E-state index is 0.0170. The van der Waals surface area contributed by atoms with Gasteiger partial charge in [-0.1, -0.05) is 5.16 Å². The van der Waals surface area contributed by atoms with Gasteiger partial charge in [-0.15, -0.1) is 11.3 Å². The second kappa shape index (κ2) is 4.74. The number of carbonyl (C=O) groups is 1. The number of hydrogen-bond acceptors (Lipinski definition) is 6. The number of hydrogen-bond donors (Lipinski definition) is 2. The van der Waals surface area contributed by atoms with Crippen molar-refractivity contribution in [3.63, 3.8) is 0 Å². The second-order valence-electron chi connectivity index (χ2n) is 3.03. The Morgan fingerprint density at radius 1 is 1.67 bits per heavy atom. The van der Waals surface area contributed by atoms with Crippen molar-refractivity contribution in [2.45, 2.75) is 20.0 Å². The summed E-state index contributed by atoms with van der Waals surface area (Å²) in [6.45, 7) is 3.58. The van der Waals surface area contributed by atoms with E-state index in [0.29, 0.717) is 10.8 Å². The molecule has 1 rings (SSSR count). The van der Waals surface area contributed by atoms with Crippen molar-refractivity contribution in [3.8, 4) is 0 Å². The Hall–Kier alpha value is -1.63. The summed E-state index contributed by atoms with van der Waals surface area (Å²) in [6, 6.07) is 0. The number of primary amides is 1. The van der Waals surface area contributed by atoms with Gasteiger partial charge in [0.25, 0.3) is 5.91 Å². The van der Waals surface area contributed by atoms with Crippen molar-refractivity contribution in [1.82, 2.24) is 4.98 Å². The molecule has 0 aromatic carbocycles. The molecule has 1 aromatic rings. The van der Waals surface area contributed by atoms with E-state index in [-0.39, 0.29) is 11.8 Å². The molecular formula is C8H12N4O2S. The van der Waals surface area contributed by atoms with E-state index in [1.165, 1.54) is 11.3 Å². The normalized spacial score (nSPS) is 11.8. The summed E-state index contributed by atoms with van der Waals surface area (Å²) in [5.41, 5.74) is 10.9. The number of rotatable bonds is 4. The minimum atomic E-state index is -0.694. The van der Waals surface area contributed by atoms with Crippen molar-refractivity contribution < 1.29 is 9.63 Å². The largest absolute Gasteiger partial charge is 0.392 e. The molecule has 82 valence electrons. The van der Waals surface area contributed by atoms with Gasteiger partial charge < -0.3 is 16.3 Å². The molecule has 6 nitrogen and oxygen atoms in total. The van der Waals surface area contributed by atoms with E-state index in [0.717, 1.165) is 0 Å². The van der Waals surface area contributed by atoms with Crippen molar-refractivity contribution in [3.05, 3.63) is 11.1 Å². The Balaban J connectivity index is 2.93. The standard InChI is InChI=1S/C8H12N4O2S/c1-4(2)14-12-6(7(9)13)5-3-15-8(10)11-5/h3-4H,1-2H3,(H2,9,13)(H2,10,11)/b12-6+. The number of amides is 1. The summed E-state index contributed by atoms with van der Waals surface area (Å²) in [7, 11) is 0. The summed E-state index contributed by atoms with van der Waals surface area (Å²) in [5.74, 6) is -0.694. The van der Waals surface area contributed by atoms with Gasteiger partial charge in [-0.25, -0.2) is 4.98 Å². The summed E-state index contributed by atoms with van der Waals surface area (Å²) >= 11 is 1.21. The highest BCUT2D eigenvalue weighted by molar-refractivity contribution is 7.13. The summed E-state index contributed by atoms with van der Waals surface area (Å²) in [6.07, 6.45) is -0.129. The van der Waals surface area contributed by atoms with Crippen LogP contribution in [0.4, 0.5) is 5.13 Å². The predicted octanol–water partition coefficient (Wildman–Crippen LogP) is 0.340. The van der Waals surface area contributed by atoms with Gasteiger partial charge in [-0.2, -0.15) is 0 Å². The maximum absolute atomic E-state index is 11.1. The highest BCUT2D eigenvalue weighted by Crippen LogP contribution is 2.12. The third-order valence-electron chi connectivity index (χ3n) is 1.35. The summed E-state index contributed by atoms with van der Waals surface area (Å²) in [5, 5.41) is 5.59. The lowest BCUT2D eigenvalue weighted by molar-refractivity contribution is -0.112. The third-order valence-corrected chi connectivity index (χ3v) is 2.03. The van der Waals surface area contributed by atoms with Gasteiger partial charge in [0, 0.05) is 5.38 Å². The Bertz CT molecular complexity index is 386. The van der Waals surface area contributed by atoms with Crippen LogP contribution in [0.15, 0.2) is 10.5 Å². The lowest BCUT2D eigenvalue weighted by atomic mass is 10.3. The Labute approximate surface area is 90.9 Å². The van der Waals surface area contributed by atoms with E-state index >= 15 is 0 Å². The van der Waals surface area contributed by atoms with E-state index in [1.54, 1.807) is 19.2 Å². The third kappa shape index (κ3) is 3.21. The van der Waals surface area contributed by atoms with Crippen LogP contribution in [-0.4, -0.2) is 22.7 Å².